The summed E-state index contributed by atoms with van der Waals surface area (Å²) in [6, 6.07) is 5.23. The highest BCUT2D eigenvalue weighted by Crippen LogP contribution is 2.25. The predicted octanol–water partition coefficient (Wildman–Crippen LogP) is 4.81. The SMILES string of the molecule is CCCCC(CCC)Nc1ccc(C(=O)O)cc1Cl. The highest BCUT2D eigenvalue weighted by Gasteiger charge is 2.11. The van der Waals surface area contributed by atoms with Gasteiger partial charge >= 0.3 is 5.97 Å². The minimum Gasteiger partial charge on any atom is -0.478 e. The average Bonchev–Trinajstić information content (AvgIpc) is 2.38. The number of carbonyl (C=O) groups is 1. The fourth-order valence-electron chi connectivity index (χ4n) is 2.07. The van der Waals surface area contributed by atoms with Gasteiger partial charge < -0.3 is 10.4 Å². The number of carboxylic acids is 1. The maximum Gasteiger partial charge on any atom is 0.335 e. The van der Waals surface area contributed by atoms with E-state index in [9.17, 15) is 4.79 Å². The first-order valence-electron chi connectivity index (χ1n) is 6.87. The van der Waals surface area contributed by atoms with E-state index in [0.717, 1.165) is 24.9 Å². The third-order valence-corrected chi connectivity index (χ3v) is 3.43. The smallest absolute Gasteiger partial charge is 0.335 e. The van der Waals surface area contributed by atoms with Crippen molar-refractivity contribution in [3.05, 3.63) is 28.8 Å². The summed E-state index contributed by atoms with van der Waals surface area (Å²) < 4.78 is 0. The van der Waals surface area contributed by atoms with E-state index in [1.807, 2.05) is 0 Å². The molecule has 0 aliphatic heterocycles. The molecule has 1 unspecified atom stereocenters. The molecule has 4 heteroatoms. The lowest BCUT2D eigenvalue weighted by Gasteiger charge is -2.20. The van der Waals surface area contributed by atoms with E-state index in [0.29, 0.717) is 11.1 Å². The van der Waals surface area contributed by atoms with E-state index in [1.165, 1.54) is 18.9 Å². The number of unbranched alkanes of at least 4 members (excludes halogenated alkanes) is 1. The van der Waals surface area contributed by atoms with Crippen LogP contribution in [0.3, 0.4) is 0 Å². The second kappa shape index (κ2) is 8.05. The van der Waals surface area contributed by atoms with Crippen molar-refractivity contribution in [1.82, 2.24) is 0 Å². The van der Waals surface area contributed by atoms with Gasteiger partial charge in [0.2, 0.25) is 0 Å². The number of hydrogen-bond donors (Lipinski definition) is 2. The average molecular weight is 284 g/mol. The first-order chi connectivity index (χ1) is 9.08. The van der Waals surface area contributed by atoms with Crippen LogP contribution in [-0.4, -0.2) is 17.1 Å². The lowest BCUT2D eigenvalue weighted by atomic mass is 10.0. The lowest BCUT2D eigenvalue weighted by molar-refractivity contribution is 0.0697. The van der Waals surface area contributed by atoms with Crippen molar-refractivity contribution in [3.63, 3.8) is 0 Å². The summed E-state index contributed by atoms with van der Waals surface area (Å²) in [6.45, 7) is 4.34. The molecule has 0 aliphatic carbocycles. The third-order valence-electron chi connectivity index (χ3n) is 3.12. The molecule has 19 heavy (non-hydrogen) atoms. The quantitative estimate of drug-likeness (QED) is 0.720. The molecule has 0 spiro atoms. The van der Waals surface area contributed by atoms with Gasteiger partial charge in [0, 0.05) is 6.04 Å². The largest absolute Gasteiger partial charge is 0.478 e. The molecule has 3 nitrogen and oxygen atoms in total. The summed E-state index contributed by atoms with van der Waals surface area (Å²) >= 11 is 6.13. The molecule has 0 aliphatic rings. The molecule has 0 heterocycles. The molecule has 0 aromatic heterocycles. The molecule has 0 saturated heterocycles. The highest BCUT2D eigenvalue weighted by atomic mass is 35.5. The number of anilines is 1. The summed E-state index contributed by atoms with van der Waals surface area (Å²) in [5.74, 6) is -0.954. The third kappa shape index (κ3) is 5.11. The molecule has 0 amide bonds. The van der Waals surface area contributed by atoms with Gasteiger partial charge in [0.05, 0.1) is 16.3 Å². The van der Waals surface area contributed by atoms with Gasteiger partial charge in [-0.15, -0.1) is 0 Å². The van der Waals surface area contributed by atoms with Crippen molar-refractivity contribution in [2.75, 3.05) is 5.32 Å². The zero-order valence-corrected chi connectivity index (χ0v) is 12.3. The van der Waals surface area contributed by atoms with E-state index in [4.69, 9.17) is 16.7 Å². The van der Waals surface area contributed by atoms with Gasteiger partial charge in [-0.25, -0.2) is 4.79 Å². The molecule has 0 saturated carbocycles. The number of rotatable bonds is 8. The maximum absolute atomic E-state index is 10.9. The Labute approximate surface area is 120 Å². The Kier molecular flexibility index (Phi) is 6.71. The van der Waals surface area contributed by atoms with Gasteiger partial charge in [0.15, 0.2) is 0 Å². The van der Waals surface area contributed by atoms with Gasteiger partial charge in [-0.05, 0) is 31.0 Å². The fraction of sp³-hybridized carbons (Fsp3) is 0.533. The summed E-state index contributed by atoms with van der Waals surface area (Å²) in [5, 5.41) is 12.8. The predicted molar refractivity (Wildman–Crippen MR) is 80.3 cm³/mol. The number of carboxylic acid groups (broad SMARTS) is 1. The van der Waals surface area contributed by atoms with E-state index < -0.39 is 5.97 Å². The van der Waals surface area contributed by atoms with Crippen LogP contribution in [-0.2, 0) is 0 Å². The Bertz CT molecular complexity index is 421. The number of nitrogens with one attached hydrogen (secondary N) is 1. The van der Waals surface area contributed by atoms with Crippen LogP contribution in [0.4, 0.5) is 5.69 Å². The van der Waals surface area contributed by atoms with Crippen molar-refractivity contribution < 1.29 is 9.90 Å². The Balaban J connectivity index is 2.75. The van der Waals surface area contributed by atoms with Gasteiger partial charge in [0.25, 0.3) is 0 Å². The van der Waals surface area contributed by atoms with Crippen LogP contribution in [0.1, 0.15) is 56.3 Å². The summed E-state index contributed by atoms with van der Waals surface area (Å²) in [7, 11) is 0. The number of aromatic carboxylic acids is 1. The second-order valence-electron chi connectivity index (χ2n) is 4.77. The Morgan fingerprint density at radius 3 is 2.58 bits per heavy atom. The van der Waals surface area contributed by atoms with Crippen LogP contribution in [0, 0.1) is 0 Å². The number of hydrogen-bond acceptors (Lipinski definition) is 2. The molecule has 2 N–H and O–H groups in total. The monoisotopic (exact) mass is 283 g/mol. The van der Waals surface area contributed by atoms with Crippen LogP contribution in [0.15, 0.2) is 18.2 Å². The molecule has 1 rings (SSSR count). The highest BCUT2D eigenvalue weighted by molar-refractivity contribution is 6.33. The first-order valence-corrected chi connectivity index (χ1v) is 7.25. The molecule has 0 fully saturated rings. The zero-order valence-electron chi connectivity index (χ0n) is 11.6. The summed E-state index contributed by atoms with van der Waals surface area (Å²) in [5.41, 5.74) is 1.04. The van der Waals surface area contributed by atoms with Gasteiger partial charge in [-0.3, -0.25) is 0 Å². The van der Waals surface area contributed by atoms with E-state index in [2.05, 4.69) is 19.2 Å². The van der Waals surface area contributed by atoms with E-state index in [1.54, 1.807) is 12.1 Å². The minimum atomic E-state index is -0.954. The van der Waals surface area contributed by atoms with Crippen molar-refractivity contribution >= 4 is 23.3 Å². The van der Waals surface area contributed by atoms with Crippen molar-refractivity contribution in [2.24, 2.45) is 0 Å². The molecule has 1 atom stereocenters. The Hall–Kier alpha value is -1.22. The topological polar surface area (TPSA) is 49.3 Å². The maximum atomic E-state index is 10.9. The molecular weight excluding hydrogens is 262 g/mol. The van der Waals surface area contributed by atoms with Crippen LogP contribution >= 0.6 is 11.6 Å². The first kappa shape index (κ1) is 15.8. The van der Waals surface area contributed by atoms with Gasteiger partial charge in [-0.2, -0.15) is 0 Å². The molecule has 1 aromatic rings. The Morgan fingerprint density at radius 1 is 1.32 bits per heavy atom. The molecule has 0 radical (unpaired) electrons. The molecule has 0 bridgehead atoms. The number of benzene rings is 1. The van der Waals surface area contributed by atoms with Crippen LogP contribution in [0.5, 0.6) is 0 Å². The summed E-state index contributed by atoms with van der Waals surface area (Å²) in [6.07, 6.45) is 5.68. The Morgan fingerprint density at radius 2 is 2.05 bits per heavy atom. The number of halogens is 1. The van der Waals surface area contributed by atoms with Crippen LogP contribution in [0.2, 0.25) is 5.02 Å². The van der Waals surface area contributed by atoms with Gasteiger partial charge in [0.1, 0.15) is 0 Å². The van der Waals surface area contributed by atoms with E-state index in [-0.39, 0.29) is 5.56 Å². The zero-order chi connectivity index (χ0) is 14.3. The van der Waals surface area contributed by atoms with Crippen molar-refractivity contribution in [3.8, 4) is 0 Å². The normalized spacial score (nSPS) is 12.2. The fourth-order valence-corrected chi connectivity index (χ4v) is 2.31. The molecule has 1 aromatic carbocycles. The van der Waals surface area contributed by atoms with Crippen molar-refractivity contribution in [2.45, 2.75) is 52.0 Å². The lowest BCUT2D eigenvalue weighted by Crippen LogP contribution is -2.19. The van der Waals surface area contributed by atoms with Crippen molar-refractivity contribution in [1.29, 1.82) is 0 Å². The summed E-state index contributed by atoms with van der Waals surface area (Å²) in [4.78, 5) is 10.9. The minimum absolute atomic E-state index is 0.219. The molecule has 106 valence electrons. The van der Waals surface area contributed by atoms with Gasteiger partial charge in [-0.1, -0.05) is 44.7 Å². The van der Waals surface area contributed by atoms with E-state index >= 15 is 0 Å². The van der Waals surface area contributed by atoms with Crippen LogP contribution < -0.4 is 5.32 Å². The van der Waals surface area contributed by atoms with Crippen LogP contribution in [0.25, 0.3) is 0 Å². The second-order valence-corrected chi connectivity index (χ2v) is 5.18. The molecular formula is C15H22ClNO2. The standard InChI is InChI=1S/C15H22ClNO2/c1-3-5-7-12(6-4-2)17-14-9-8-11(15(18)19)10-13(14)16/h8-10,12,17H,3-7H2,1-2H3,(H,18,19).